The molecule has 15 heavy (non-hydrogen) atoms. The SMILES string of the molecule is CCCS(=O)(=O)C1CC(C)CCC1CN. The van der Waals surface area contributed by atoms with E-state index in [1.807, 2.05) is 6.92 Å². The Morgan fingerprint density at radius 3 is 2.53 bits per heavy atom. The van der Waals surface area contributed by atoms with Gasteiger partial charge in [-0.25, -0.2) is 8.42 Å². The lowest BCUT2D eigenvalue weighted by Gasteiger charge is -2.33. The minimum absolute atomic E-state index is 0.175. The van der Waals surface area contributed by atoms with Crippen molar-refractivity contribution in [2.45, 2.75) is 44.8 Å². The molecule has 0 spiro atoms. The van der Waals surface area contributed by atoms with E-state index in [-0.39, 0.29) is 11.2 Å². The Labute approximate surface area is 93.3 Å². The Morgan fingerprint density at radius 1 is 1.33 bits per heavy atom. The molecule has 3 atom stereocenters. The average molecular weight is 233 g/mol. The zero-order valence-electron chi connectivity index (χ0n) is 9.78. The second-order valence-electron chi connectivity index (χ2n) is 4.82. The fraction of sp³-hybridized carbons (Fsp3) is 1.00. The van der Waals surface area contributed by atoms with Gasteiger partial charge in [-0.1, -0.05) is 20.3 Å². The maximum atomic E-state index is 12.0. The van der Waals surface area contributed by atoms with Crippen LogP contribution in [0.5, 0.6) is 0 Å². The first-order valence-corrected chi connectivity index (χ1v) is 7.64. The third-order valence-corrected chi connectivity index (χ3v) is 5.92. The molecule has 4 heteroatoms. The topological polar surface area (TPSA) is 60.2 Å². The Kier molecular flexibility index (Phi) is 4.59. The molecule has 0 bridgehead atoms. The molecule has 0 aromatic carbocycles. The van der Waals surface area contributed by atoms with Gasteiger partial charge in [-0.05, 0) is 37.6 Å². The van der Waals surface area contributed by atoms with E-state index in [9.17, 15) is 8.42 Å². The predicted octanol–water partition coefficient (Wildman–Crippen LogP) is 1.57. The number of hydrogen-bond donors (Lipinski definition) is 1. The molecular formula is C11H23NO2S. The predicted molar refractivity (Wildman–Crippen MR) is 63.4 cm³/mol. The van der Waals surface area contributed by atoms with Crippen molar-refractivity contribution in [3.8, 4) is 0 Å². The number of nitrogens with two attached hydrogens (primary N) is 1. The van der Waals surface area contributed by atoms with Gasteiger partial charge in [0.25, 0.3) is 0 Å². The summed E-state index contributed by atoms with van der Waals surface area (Å²) in [6.45, 7) is 4.57. The molecule has 1 aliphatic rings. The Bertz CT molecular complexity index is 287. The fourth-order valence-corrected chi connectivity index (χ4v) is 4.86. The van der Waals surface area contributed by atoms with Gasteiger partial charge in [0.15, 0.2) is 9.84 Å². The van der Waals surface area contributed by atoms with Gasteiger partial charge >= 0.3 is 0 Å². The number of sulfone groups is 1. The van der Waals surface area contributed by atoms with Gasteiger partial charge in [-0.2, -0.15) is 0 Å². The van der Waals surface area contributed by atoms with E-state index in [2.05, 4.69) is 6.92 Å². The van der Waals surface area contributed by atoms with Crippen LogP contribution in [0.2, 0.25) is 0 Å². The van der Waals surface area contributed by atoms with Gasteiger partial charge in [0.2, 0.25) is 0 Å². The first-order chi connectivity index (χ1) is 7.01. The normalized spacial score (nSPS) is 32.9. The summed E-state index contributed by atoms with van der Waals surface area (Å²) in [5.41, 5.74) is 5.67. The molecule has 90 valence electrons. The molecule has 0 aromatic heterocycles. The lowest BCUT2D eigenvalue weighted by atomic mass is 9.82. The summed E-state index contributed by atoms with van der Waals surface area (Å²) in [6, 6.07) is 0. The largest absolute Gasteiger partial charge is 0.330 e. The fourth-order valence-electron chi connectivity index (χ4n) is 2.54. The third kappa shape index (κ3) is 3.18. The summed E-state index contributed by atoms with van der Waals surface area (Å²) in [4.78, 5) is 0. The molecule has 2 N–H and O–H groups in total. The standard InChI is InChI=1S/C11H23NO2S/c1-3-6-15(13,14)11-7-9(2)4-5-10(11)8-12/h9-11H,3-8,12H2,1-2H3. The van der Waals surface area contributed by atoms with E-state index in [1.165, 1.54) is 0 Å². The van der Waals surface area contributed by atoms with Crippen LogP contribution < -0.4 is 5.73 Å². The Morgan fingerprint density at radius 2 is 2.00 bits per heavy atom. The van der Waals surface area contributed by atoms with Crippen molar-refractivity contribution in [1.29, 1.82) is 0 Å². The smallest absolute Gasteiger partial charge is 0.153 e. The van der Waals surface area contributed by atoms with E-state index >= 15 is 0 Å². The minimum Gasteiger partial charge on any atom is -0.330 e. The summed E-state index contributed by atoms with van der Waals surface area (Å²) in [5.74, 6) is 1.04. The van der Waals surface area contributed by atoms with E-state index in [1.54, 1.807) is 0 Å². The number of rotatable bonds is 4. The van der Waals surface area contributed by atoms with Crippen molar-refractivity contribution in [2.75, 3.05) is 12.3 Å². The molecule has 0 aliphatic heterocycles. The quantitative estimate of drug-likeness (QED) is 0.802. The van der Waals surface area contributed by atoms with E-state index in [4.69, 9.17) is 5.73 Å². The van der Waals surface area contributed by atoms with Gasteiger partial charge in [0.05, 0.1) is 11.0 Å². The molecule has 0 heterocycles. The molecule has 0 aromatic rings. The third-order valence-electron chi connectivity index (χ3n) is 3.44. The highest BCUT2D eigenvalue weighted by molar-refractivity contribution is 7.92. The Balaban J connectivity index is 2.79. The number of hydrogen-bond acceptors (Lipinski definition) is 3. The summed E-state index contributed by atoms with van der Waals surface area (Å²) in [5, 5.41) is -0.175. The van der Waals surface area contributed by atoms with Crippen molar-refractivity contribution >= 4 is 9.84 Å². The first kappa shape index (κ1) is 13.0. The van der Waals surface area contributed by atoms with Crippen LogP contribution >= 0.6 is 0 Å². The molecule has 1 aliphatic carbocycles. The van der Waals surface area contributed by atoms with Crippen molar-refractivity contribution < 1.29 is 8.42 Å². The monoisotopic (exact) mass is 233 g/mol. The van der Waals surface area contributed by atoms with Crippen LogP contribution in [0.15, 0.2) is 0 Å². The van der Waals surface area contributed by atoms with Crippen LogP contribution in [0, 0.1) is 11.8 Å². The van der Waals surface area contributed by atoms with Crippen molar-refractivity contribution in [3.05, 3.63) is 0 Å². The van der Waals surface area contributed by atoms with Crippen molar-refractivity contribution in [2.24, 2.45) is 17.6 Å². The van der Waals surface area contributed by atoms with Crippen LogP contribution in [-0.2, 0) is 9.84 Å². The van der Waals surface area contributed by atoms with Crippen molar-refractivity contribution in [1.82, 2.24) is 0 Å². The highest BCUT2D eigenvalue weighted by Crippen LogP contribution is 2.33. The molecule has 3 nitrogen and oxygen atoms in total. The molecule has 1 saturated carbocycles. The van der Waals surface area contributed by atoms with E-state index in [0.29, 0.717) is 24.6 Å². The van der Waals surface area contributed by atoms with Crippen LogP contribution in [-0.4, -0.2) is 26.0 Å². The highest BCUT2D eigenvalue weighted by Gasteiger charge is 2.36. The van der Waals surface area contributed by atoms with Gasteiger partial charge in [-0.3, -0.25) is 0 Å². The first-order valence-electron chi connectivity index (χ1n) is 5.92. The summed E-state index contributed by atoms with van der Waals surface area (Å²) >= 11 is 0. The zero-order chi connectivity index (χ0) is 11.5. The summed E-state index contributed by atoms with van der Waals surface area (Å²) in [6.07, 6.45) is 3.62. The zero-order valence-corrected chi connectivity index (χ0v) is 10.6. The second-order valence-corrected chi connectivity index (χ2v) is 7.16. The summed E-state index contributed by atoms with van der Waals surface area (Å²) < 4.78 is 24.1. The lowest BCUT2D eigenvalue weighted by molar-refractivity contribution is 0.296. The van der Waals surface area contributed by atoms with Crippen LogP contribution in [0.3, 0.4) is 0 Å². The van der Waals surface area contributed by atoms with E-state index in [0.717, 1.165) is 19.3 Å². The molecule has 0 amide bonds. The van der Waals surface area contributed by atoms with Gasteiger partial charge in [-0.15, -0.1) is 0 Å². The van der Waals surface area contributed by atoms with Crippen LogP contribution in [0.25, 0.3) is 0 Å². The van der Waals surface area contributed by atoms with Crippen molar-refractivity contribution in [3.63, 3.8) is 0 Å². The maximum Gasteiger partial charge on any atom is 0.153 e. The minimum atomic E-state index is -2.91. The van der Waals surface area contributed by atoms with Gasteiger partial charge < -0.3 is 5.73 Å². The molecule has 1 rings (SSSR count). The van der Waals surface area contributed by atoms with Gasteiger partial charge in [0.1, 0.15) is 0 Å². The van der Waals surface area contributed by atoms with Gasteiger partial charge in [0, 0.05) is 0 Å². The molecule has 0 saturated heterocycles. The Hall–Kier alpha value is -0.0900. The molecule has 0 radical (unpaired) electrons. The average Bonchev–Trinajstić information content (AvgIpc) is 2.17. The summed E-state index contributed by atoms with van der Waals surface area (Å²) in [7, 11) is -2.91. The highest BCUT2D eigenvalue weighted by atomic mass is 32.2. The molecular weight excluding hydrogens is 210 g/mol. The van der Waals surface area contributed by atoms with Crippen LogP contribution in [0.4, 0.5) is 0 Å². The lowest BCUT2D eigenvalue weighted by Crippen LogP contribution is -2.40. The molecule has 3 unspecified atom stereocenters. The second kappa shape index (κ2) is 5.30. The maximum absolute atomic E-state index is 12.0. The molecule has 1 fully saturated rings. The van der Waals surface area contributed by atoms with E-state index < -0.39 is 9.84 Å². The van der Waals surface area contributed by atoms with Crippen LogP contribution in [0.1, 0.15) is 39.5 Å².